The van der Waals surface area contributed by atoms with Crippen molar-refractivity contribution in [3.63, 3.8) is 0 Å². The van der Waals surface area contributed by atoms with Crippen molar-refractivity contribution in [2.24, 2.45) is 0 Å². The van der Waals surface area contributed by atoms with Gasteiger partial charge in [0.1, 0.15) is 5.82 Å². The number of hydrogen-bond donors (Lipinski definition) is 0. The predicted octanol–water partition coefficient (Wildman–Crippen LogP) is 5.23. The number of carbonyl (C=O) groups excluding carboxylic acids is 1. The van der Waals surface area contributed by atoms with Crippen LogP contribution in [0.2, 0.25) is 0 Å². The lowest BCUT2D eigenvalue weighted by Crippen LogP contribution is -2.39. The summed E-state index contributed by atoms with van der Waals surface area (Å²) in [5.74, 6) is 0.489. The highest BCUT2D eigenvalue weighted by Gasteiger charge is 2.29. The highest BCUT2D eigenvalue weighted by molar-refractivity contribution is 5.80. The van der Waals surface area contributed by atoms with E-state index in [2.05, 4.69) is 29.0 Å². The van der Waals surface area contributed by atoms with E-state index in [9.17, 15) is 9.18 Å². The highest BCUT2D eigenvalue weighted by Crippen LogP contribution is 2.32. The van der Waals surface area contributed by atoms with E-state index >= 15 is 0 Å². The molecular formula is C27H28FN5O. The molecule has 5 rings (SSSR count). The number of piperidine rings is 1. The average molecular weight is 458 g/mol. The molecule has 1 aliphatic carbocycles. The number of carbonyl (C=O) groups is 1. The van der Waals surface area contributed by atoms with Gasteiger partial charge < -0.3 is 4.90 Å². The Morgan fingerprint density at radius 1 is 1.18 bits per heavy atom. The van der Waals surface area contributed by atoms with E-state index in [0.29, 0.717) is 18.9 Å². The summed E-state index contributed by atoms with van der Waals surface area (Å²) in [6, 6.07) is 10.1. The van der Waals surface area contributed by atoms with Gasteiger partial charge >= 0.3 is 0 Å². The lowest BCUT2D eigenvalue weighted by atomic mass is 9.92. The number of allylic oxidation sites excluding steroid dienone is 3. The number of amides is 1. The first-order valence-corrected chi connectivity index (χ1v) is 11.8. The van der Waals surface area contributed by atoms with Crippen LogP contribution in [-0.2, 0) is 4.79 Å². The van der Waals surface area contributed by atoms with E-state index in [0.717, 1.165) is 54.8 Å². The first-order chi connectivity index (χ1) is 16.6. The molecule has 3 aromatic rings. The monoisotopic (exact) mass is 457 g/mol. The second-order valence-corrected chi connectivity index (χ2v) is 9.02. The molecule has 2 aliphatic rings. The summed E-state index contributed by atoms with van der Waals surface area (Å²) in [6.45, 7) is 3.53. The lowest BCUT2D eigenvalue weighted by Gasteiger charge is -2.33. The van der Waals surface area contributed by atoms with Crippen LogP contribution < -0.4 is 0 Å². The maximum atomic E-state index is 13.5. The molecule has 1 aliphatic heterocycles. The fourth-order valence-electron chi connectivity index (χ4n) is 4.77. The molecule has 34 heavy (non-hydrogen) atoms. The zero-order chi connectivity index (χ0) is 23.5. The molecule has 6 nitrogen and oxygen atoms in total. The van der Waals surface area contributed by atoms with Crippen molar-refractivity contribution in [1.29, 1.82) is 0 Å². The second kappa shape index (κ2) is 9.71. The molecule has 0 N–H and O–H groups in total. The number of nitrogens with zero attached hydrogens (tertiary/aromatic N) is 5. The van der Waals surface area contributed by atoms with Crippen LogP contribution in [-0.4, -0.2) is 43.6 Å². The Hall–Kier alpha value is -3.61. The van der Waals surface area contributed by atoms with E-state index in [1.54, 1.807) is 35.3 Å². The van der Waals surface area contributed by atoms with Gasteiger partial charge in [-0.3, -0.25) is 4.79 Å². The van der Waals surface area contributed by atoms with Gasteiger partial charge in [-0.15, -0.1) is 0 Å². The summed E-state index contributed by atoms with van der Waals surface area (Å²) in [5.41, 5.74) is 5.00. The van der Waals surface area contributed by atoms with Gasteiger partial charge in [0.15, 0.2) is 0 Å². The number of benzene rings is 1. The fraction of sp³-hybridized carbons (Fsp3) is 0.333. The Balaban J connectivity index is 1.43. The minimum absolute atomic E-state index is 0.111. The Morgan fingerprint density at radius 3 is 2.74 bits per heavy atom. The third-order valence-corrected chi connectivity index (χ3v) is 6.71. The first-order valence-electron chi connectivity index (χ1n) is 11.8. The molecule has 1 atom stereocenters. The summed E-state index contributed by atoms with van der Waals surface area (Å²) >= 11 is 0. The van der Waals surface area contributed by atoms with Gasteiger partial charge in [0.25, 0.3) is 5.95 Å². The van der Waals surface area contributed by atoms with Crippen LogP contribution in [0.25, 0.3) is 17.2 Å². The predicted molar refractivity (Wildman–Crippen MR) is 129 cm³/mol. The molecule has 0 radical (unpaired) electrons. The summed E-state index contributed by atoms with van der Waals surface area (Å²) in [7, 11) is 0. The van der Waals surface area contributed by atoms with Crippen molar-refractivity contribution < 1.29 is 9.18 Å². The molecule has 3 heterocycles. The topological polar surface area (TPSA) is 63.9 Å². The van der Waals surface area contributed by atoms with Gasteiger partial charge in [0.05, 0.1) is 17.8 Å². The molecule has 1 fully saturated rings. The molecule has 1 aromatic carbocycles. The number of rotatable bonds is 5. The van der Waals surface area contributed by atoms with E-state index < -0.39 is 0 Å². The maximum Gasteiger partial charge on any atom is 0.250 e. The van der Waals surface area contributed by atoms with Gasteiger partial charge in [-0.25, -0.2) is 19.0 Å². The number of hydrogen-bond acceptors (Lipinski definition) is 4. The Morgan fingerprint density at radius 2 is 1.97 bits per heavy atom. The zero-order valence-electron chi connectivity index (χ0n) is 19.3. The Bertz CT molecular complexity index is 1230. The van der Waals surface area contributed by atoms with Crippen molar-refractivity contribution in [1.82, 2.24) is 24.6 Å². The SMILES string of the molecule is CC1=C(CC(=O)N2CCCC(c3cc(-c4ccc(F)cc4)nn3-c3ncccn3)C2)C=CCC1. The Labute approximate surface area is 198 Å². The van der Waals surface area contributed by atoms with Crippen molar-refractivity contribution in [2.45, 2.75) is 44.9 Å². The quantitative estimate of drug-likeness (QED) is 0.526. The van der Waals surface area contributed by atoms with Crippen LogP contribution in [0.1, 0.15) is 50.6 Å². The molecule has 1 unspecified atom stereocenters. The van der Waals surface area contributed by atoms with Crippen molar-refractivity contribution in [2.75, 3.05) is 13.1 Å². The van der Waals surface area contributed by atoms with Gasteiger partial charge in [0.2, 0.25) is 5.91 Å². The highest BCUT2D eigenvalue weighted by atomic mass is 19.1. The third-order valence-electron chi connectivity index (χ3n) is 6.71. The van der Waals surface area contributed by atoms with Crippen LogP contribution >= 0.6 is 0 Å². The maximum absolute atomic E-state index is 13.5. The molecule has 174 valence electrons. The van der Waals surface area contributed by atoms with E-state index in [1.807, 2.05) is 11.0 Å². The van der Waals surface area contributed by atoms with E-state index in [4.69, 9.17) is 5.10 Å². The van der Waals surface area contributed by atoms with Crippen LogP contribution in [0.5, 0.6) is 0 Å². The number of halogens is 1. The van der Waals surface area contributed by atoms with Crippen molar-refractivity contribution >= 4 is 5.91 Å². The number of likely N-dealkylation sites (tertiary alicyclic amines) is 1. The molecule has 0 saturated carbocycles. The molecule has 0 spiro atoms. The zero-order valence-corrected chi connectivity index (χ0v) is 19.3. The standard InChI is InChI=1S/C27H28FN5O/c1-19-6-2-3-7-21(19)16-26(34)32-15-4-8-22(18-32)25-17-24(20-9-11-23(28)12-10-20)31-33(25)27-29-13-5-14-30-27/h3,5,7,9-14,17,22H,2,4,6,8,15-16,18H2,1H3. The largest absolute Gasteiger partial charge is 0.342 e. The summed E-state index contributed by atoms with van der Waals surface area (Å²) < 4.78 is 15.2. The fourth-order valence-corrected chi connectivity index (χ4v) is 4.77. The lowest BCUT2D eigenvalue weighted by molar-refractivity contribution is -0.131. The number of aromatic nitrogens is 4. The third kappa shape index (κ3) is 4.69. The molecule has 7 heteroatoms. The molecular weight excluding hydrogens is 429 g/mol. The summed E-state index contributed by atoms with van der Waals surface area (Å²) in [6.07, 6.45) is 12.1. The molecule has 2 aromatic heterocycles. The van der Waals surface area contributed by atoms with E-state index in [-0.39, 0.29) is 17.6 Å². The van der Waals surface area contributed by atoms with Crippen LogP contribution in [0.4, 0.5) is 4.39 Å². The van der Waals surface area contributed by atoms with E-state index in [1.165, 1.54) is 17.7 Å². The summed E-state index contributed by atoms with van der Waals surface area (Å²) in [5, 5.41) is 4.78. The minimum Gasteiger partial charge on any atom is -0.342 e. The molecule has 1 saturated heterocycles. The first kappa shape index (κ1) is 22.2. The summed E-state index contributed by atoms with van der Waals surface area (Å²) in [4.78, 5) is 24.0. The average Bonchev–Trinajstić information content (AvgIpc) is 3.32. The van der Waals surface area contributed by atoms with Crippen molar-refractivity contribution in [3.05, 3.63) is 83.6 Å². The molecule has 0 bridgehead atoms. The van der Waals surface area contributed by atoms with Gasteiger partial charge in [-0.1, -0.05) is 17.7 Å². The van der Waals surface area contributed by atoms with Gasteiger partial charge in [-0.2, -0.15) is 5.10 Å². The minimum atomic E-state index is -0.283. The van der Waals surface area contributed by atoms with Crippen LogP contribution in [0, 0.1) is 5.82 Å². The van der Waals surface area contributed by atoms with Gasteiger partial charge in [0, 0.05) is 37.0 Å². The van der Waals surface area contributed by atoms with Crippen LogP contribution in [0.3, 0.4) is 0 Å². The normalized spacial score (nSPS) is 18.4. The smallest absolute Gasteiger partial charge is 0.250 e. The molecule has 1 amide bonds. The van der Waals surface area contributed by atoms with Crippen molar-refractivity contribution in [3.8, 4) is 17.2 Å². The van der Waals surface area contributed by atoms with Crippen LogP contribution in [0.15, 0.2) is 72.1 Å². The van der Waals surface area contributed by atoms with Gasteiger partial charge in [-0.05, 0) is 74.6 Å². The Kier molecular flexibility index (Phi) is 6.34. The second-order valence-electron chi connectivity index (χ2n) is 9.02.